The molecule has 0 aliphatic carbocycles. The first-order chi connectivity index (χ1) is 23.9. The summed E-state index contributed by atoms with van der Waals surface area (Å²) in [4.78, 5) is 36.9. The van der Waals surface area contributed by atoms with Crippen molar-refractivity contribution in [2.45, 2.75) is 141 Å². The second-order valence-electron chi connectivity index (χ2n) is 16.0. The maximum atomic E-state index is 14.3. The minimum absolute atomic E-state index is 0.0408. The fourth-order valence-electron chi connectivity index (χ4n) is 8.28. The topological polar surface area (TPSA) is 140 Å². The van der Waals surface area contributed by atoms with E-state index in [9.17, 15) is 19.8 Å². The van der Waals surface area contributed by atoms with Gasteiger partial charge in [-0.1, -0.05) is 33.4 Å². The standard InChI is InChI=1S/C39H63N3O9/c1-12-31-39(9,46)35-28(7)42(20-29-15-13-14-16-40-29)19-23(2)18-38(8,48-22-24(3)21-47-35)34(26(5)32(43)27(6)36(45)50-31)51-37-33(44)30(41(10)11)17-25(4)49-37/h13-16,23,25-28,30-31,33-35,37,44,46H,3,12,17-22H2,1-2,4-11H3/t23-,25-,26+,27?,28-,30+,31-,33-,34-,35+,37+,38-,39-/m1/s1. The van der Waals surface area contributed by atoms with Crippen molar-refractivity contribution < 1.29 is 43.5 Å². The average molecular weight is 718 g/mol. The van der Waals surface area contributed by atoms with Gasteiger partial charge in [-0.2, -0.15) is 0 Å². The molecule has 0 radical (unpaired) electrons. The summed E-state index contributed by atoms with van der Waals surface area (Å²) >= 11 is 0. The molecule has 13 atom stereocenters. The number of hydrogen-bond acceptors (Lipinski definition) is 12. The maximum Gasteiger partial charge on any atom is 0.316 e. The SMILES string of the molecule is C=C1CO[C@H]2[C@@H](C)N(Cc3ccccn3)C[C@H](C)C[C@@](C)(OC1)[C@H](O[C@@H]1O[C@H](C)C[C@H](N(C)C)[C@H]1O)[C@@H](C)C(=O)C(C)C(=O)O[C@H](CC)[C@@]2(C)O. The van der Waals surface area contributed by atoms with E-state index in [0.29, 0.717) is 31.5 Å². The quantitative estimate of drug-likeness (QED) is 0.252. The Labute approximate surface area is 304 Å². The van der Waals surface area contributed by atoms with Gasteiger partial charge in [0.2, 0.25) is 0 Å². The third kappa shape index (κ3) is 9.64. The lowest BCUT2D eigenvalue weighted by atomic mass is 9.78. The fraction of sp³-hybridized carbons (Fsp3) is 0.769. The minimum Gasteiger partial charge on any atom is -0.459 e. The van der Waals surface area contributed by atoms with Gasteiger partial charge < -0.3 is 38.8 Å². The second-order valence-corrected chi connectivity index (χ2v) is 16.0. The molecule has 2 bridgehead atoms. The van der Waals surface area contributed by atoms with Gasteiger partial charge >= 0.3 is 5.97 Å². The van der Waals surface area contributed by atoms with Gasteiger partial charge in [-0.05, 0) is 91.6 Å². The Hall–Kier alpha value is -2.29. The summed E-state index contributed by atoms with van der Waals surface area (Å²) < 4.78 is 32.4. The van der Waals surface area contributed by atoms with Gasteiger partial charge in [0.05, 0.1) is 36.7 Å². The van der Waals surface area contributed by atoms with Crippen molar-refractivity contribution >= 4 is 11.8 Å². The maximum absolute atomic E-state index is 14.3. The molecule has 1 aromatic heterocycles. The first-order valence-electron chi connectivity index (χ1n) is 18.6. The largest absolute Gasteiger partial charge is 0.459 e. The second kappa shape index (κ2) is 17.2. The molecule has 5 rings (SSSR count). The van der Waals surface area contributed by atoms with Gasteiger partial charge in [-0.15, -0.1) is 0 Å². The third-order valence-electron chi connectivity index (χ3n) is 11.2. The molecule has 4 fully saturated rings. The Balaban J connectivity index is 1.88. The van der Waals surface area contributed by atoms with Crippen molar-refractivity contribution in [2.24, 2.45) is 17.8 Å². The molecule has 12 heteroatoms. The molecule has 4 saturated heterocycles. The fourth-order valence-corrected chi connectivity index (χ4v) is 8.28. The van der Waals surface area contributed by atoms with E-state index >= 15 is 0 Å². The van der Waals surface area contributed by atoms with E-state index in [2.05, 4.69) is 23.4 Å². The Kier molecular flexibility index (Phi) is 14.0. The zero-order chi connectivity index (χ0) is 37.8. The highest BCUT2D eigenvalue weighted by Crippen LogP contribution is 2.39. The highest BCUT2D eigenvalue weighted by Gasteiger charge is 2.52. The summed E-state index contributed by atoms with van der Waals surface area (Å²) in [5.74, 6) is -3.24. The number of ether oxygens (including phenoxy) is 5. The molecule has 1 aromatic rings. The smallest absolute Gasteiger partial charge is 0.316 e. The van der Waals surface area contributed by atoms with Gasteiger partial charge in [-0.3, -0.25) is 19.5 Å². The summed E-state index contributed by atoms with van der Waals surface area (Å²) in [6.45, 7) is 20.2. The molecule has 0 aromatic carbocycles. The molecule has 12 nitrogen and oxygen atoms in total. The van der Waals surface area contributed by atoms with Crippen molar-refractivity contribution in [3.8, 4) is 0 Å². The highest BCUT2D eigenvalue weighted by atomic mass is 16.7. The molecule has 1 unspecified atom stereocenters. The van der Waals surface area contributed by atoms with E-state index in [-0.39, 0.29) is 43.7 Å². The van der Waals surface area contributed by atoms with Crippen LogP contribution in [-0.2, 0) is 39.8 Å². The van der Waals surface area contributed by atoms with Gasteiger partial charge in [0, 0.05) is 37.3 Å². The number of aliphatic hydroxyl groups excluding tert-OH is 1. The third-order valence-corrected chi connectivity index (χ3v) is 11.2. The van der Waals surface area contributed by atoms with E-state index in [1.165, 1.54) is 6.92 Å². The number of ketones is 1. The highest BCUT2D eigenvalue weighted by molar-refractivity contribution is 6.00. The van der Waals surface area contributed by atoms with E-state index < -0.39 is 65.5 Å². The molecule has 5 heterocycles. The first kappa shape index (κ1) is 41.5. The minimum atomic E-state index is -1.65. The number of Topliss-reactive ketones (excluding diaryl/α,β-unsaturated/α-hetero) is 1. The molecule has 0 saturated carbocycles. The Morgan fingerprint density at radius 2 is 1.82 bits per heavy atom. The molecule has 2 N–H and O–H groups in total. The Bertz CT molecular complexity index is 1330. The Morgan fingerprint density at radius 3 is 2.45 bits per heavy atom. The lowest BCUT2D eigenvalue weighted by Gasteiger charge is -2.48. The molecule has 0 amide bonds. The number of esters is 1. The van der Waals surface area contributed by atoms with Crippen LogP contribution < -0.4 is 0 Å². The van der Waals surface area contributed by atoms with E-state index in [1.54, 1.807) is 20.0 Å². The number of carbonyl (C=O) groups excluding carboxylic acids is 2. The number of nitrogens with zero attached hydrogens (tertiary/aromatic N) is 3. The number of hydrogen-bond donors (Lipinski definition) is 2. The molecular formula is C39H63N3O9. The van der Waals surface area contributed by atoms with Crippen molar-refractivity contribution in [3.63, 3.8) is 0 Å². The van der Waals surface area contributed by atoms with Crippen LogP contribution in [0.25, 0.3) is 0 Å². The van der Waals surface area contributed by atoms with E-state index in [4.69, 9.17) is 23.7 Å². The predicted molar refractivity (Wildman–Crippen MR) is 193 cm³/mol. The number of aromatic nitrogens is 1. The van der Waals surface area contributed by atoms with Gasteiger partial charge in [0.25, 0.3) is 0 Å². The van der Waals surface area contributed by atoms with Crippen LogP contribution in [0.3, 0.4) is 0 Å². The normalized spacial score (nSPS) is 41.3. The molecular weight excluding hydrogens is 654 g/mol. The zero-order valence-corrected chi connectivity index (χ0v) is 32.4. The van der Waals surface area contributed by atoms with Gasteiger partial charge in [0.15, 0.2) is 12.1 Å². The number of carbonyl (C=O) groups is 2. The van der Waals surface area contributed by atoms with Crippen LogP contribution in [0.2, 0.25) is 0 Å². The molecule has 288 valence electrons. The summed E-state index contributed by atoms with van der Waals surface area (Å²) in [5.41, 5.74) is -1.29. The van der Waals surface area contributed by atoms with Crippen LogP contribution in [-0.4, -0.2) is 131 Å². The van der Waals surface area contributed by atoms with E-state index in [0.717, 1.165) is 5.69 Å². The van der Waals surface area contributed by atoms with Crippen molar-refractivity contribution in [2.75, 3.05) is 33.9 Å². The van der Waals surface area contributed by atoms with Gasteiger partial charge in [0.1, 0.15) is 29.8 Å². The van der Waals surface area contributed by atoms with Crippen molar-refractivity contribution in [1.82, 2.24) is 14.8 Å². The van der Waals surface area contributed by atoms with Crippen LogP contribution in [0, 0.1) is 17.8 Å². The first-order valence-corrected chi connectivity index (χ1v) is 18.6. The zero-order valence-electron chi connectivity index (χ0n) is 32.4. The number of aliphatic hydroxyl groups is 2. The van der Waals surface area contributed by atoms with Crippen LogP contribution >= 0.6 is 0 Å². The van der Waals surface area contributed by atoms with Crippen LogP contribution in [0.15, 0.2) is 36.5 Å². The van der Waals surface area contributed by atoms with Gasteiger partial charge in [-0.25, -0.2) is 0 Å². The summed E-state index contributed by atoms with van der Waals surface area (Å²) in [5, 5.41) is 23.9. The summed E-state index contributed by atoms with van der Waals surface area (Å²) in [7, 11) is 3.81. The molecule has 0 spiro atoms. The summed E-state index contributed by atoms with van der Waals surface area (Å²) in [6.07, 6.45) is -1.95. The lowest BCUT2D eigenvalue weighted by Crippen LogP contribution is -2.61. The number of rotatable bonds is 6. The van der Waals surface area contributed by atoms with Crippen molar-refractivity contribution in [1.29, 1.82) is 0 Å². The molecule has 51 heavy (non-hydrogen) atoms. The molecule has 4 aliphatic heterocycles. The average Bonchev–Trinajstić information content (AvgIpc) is 3.07. The number of fused-ring (bicyclic) bond motifs is 15. The summed E-state index contributed by atoms with van der Waals surface area (Å²) in [6, 6.07) is 5.17. The Morgan fingerprint density at radius 1 is 1.12 bits per heavy atom. The van der Waals surface area contributed by atoms with Crippen LogP contribution in [0.4, 0.5) is 0 Å². The number of likely N-dealkylation sites (N-methyl/N-ethyl adjacent to an activating group) is 1. The van der Waals surface area contributed by atoms with Crippen LogP contribution in [0.1, 0.15) is 80.3 Å². The van der Waals surface area contributed by atoms with E-state index in [1.807, 2.05) is 64.9 Å². The monoisotopic (exact) mass is 717 g/mol. The lowest BCUT2D eigenvalue weighted by molar-refractivity contribution is -0.297. The van der Waals surface area contributed by atoms with Crippen LogP contribution in [0.5, 0.6) is 0 Å². The predicted octanol–water partition coefficient (Wildman–Crippen LogP) is 3.77. The molecule has 4 aliphatic rings. The number of pyridine rings is 1. The van der Waals surface area contributed by atoms with Crippen molar-refractivity contribution in [3.05, 3.63) is 42.2 Å².